The normalized spacial score (nSPS) is 24.7. The summed E-state index contributed by atoms with van der Waals surface area (Å²) in [7, 11) is 0. The average molecular weight is 216 g/mol. The summed E-state index contributed by atoms with van der Waals surface area (Å²) in [5.74, 6) is 0. The molecule has 1 saturated carbocycles. The minimum Gasteiger partial charge on any atom is -0.309 e. The van der Waals surface area contributed by atoms with E-state index in [9.17, 15) is 0 Å². The molecule has 0 saturated heterocycles. The molecule has 0 aromatic carbocycles. The first-order chi connectivity index (χ1) is 6.08. The lowest BCUT2D eigenvalue weighted by molar-refractivity contribution is 0.544. The molecule has 1 nitrogen and oxygen atoms in total. The largest absolute Gasteiger partial charge is 0.309 e. The van der Waals surface area contributed by atoms with Gasteiger partial charge in [0.05, 0.1) is 4.34 Å². The van der Waals surface area contributed by atoms with Crippen molar-refractivity contribution < 1.29 is 0 Å². The molecule has 0 spiro atoms. The molecule has 1 aromatic heterocycles. The number of thiophene rings is 1. The topological polar surface area (TPSA) is 12.0 Å². The number of hydrogen-bond acceptors (Lipinski definition) is 2. The molecule has 1 heterocycles. The van der Waals surface area contributed by atoms with E-state index < -0.39 is 0 Å². The first-order valence-corrected chi connectivity index (χ1v) is 5.75. The van der Waals surface area contributed by atoms with Crippen molar-refractivity contribution in [1.82, 2.24) is 5.32 Å². The zero-order valence-electron chi connectivity index (χ0n) is 7.93. The van der Waals surface area contributed by atoms with Crippen molar-refractivity contribution in [2.24, 2.45) is 5.41 Å². The Labute approximate surface area is 88.1 Å². The summed E-state index contributed by atoms with van der Waals surface area (Å²) in [5.41, 5.74) is 0.515. The van der Waals surface area contributed by atoms with Crippen molar-refractivity contribution in [2.75, 3.05) is 0 Å². The lowest BCUT2D eigenvalue weighted by Gasteiger charge is -2.04. The molecule has 1 atom stereocenters. The van der Waals surface area contributed by atoms with Gasteiger partial charge >= 0.3 is 0 Å². The van der Waals surface area contributed by atoms with Gasteiger partial charge in [0.2, 0.25) is 0 Å². The second-order valence-corrected chi connectivity index (χ2v) is 6.13. The first kappa shape index (κ1) is 9.50. The molecule has 1 aromatic rings. The third-order valence-electron chi connectivity index (χ3n) is 2.66. The maximum atomic E-state index is 5.84. The van der Waals surface area contributed by atoms with Crippen LogP contribution in [0.25, 0.3) is 0 Å². The third kappa shape index (κ3) is 2.25. The van der Waals surface area contributed by atoms with Crippen LogP contribution in [0.2, 0.25) is 4.34 Å². The van der Waals surface area contributed by atoms with Crippen LogP contribution in [0.5, 0.6) is 0 Å². The number of halogens is 1. The highest BCUT2D eigenvalue weighted by molar-refractivity contribution is 7.16. The van der Waals surface area contributed by atoms with Gasteiger partial charge < -0.3 is 5.32 Å². The van der Waals surface area contributed by atoms with Crippen LogP contribution in [0.4, 0.5) is 0 Å². The van der Waals surface area contributed by atoms with Gasteiger partial charge in [0.25, 0.3) is 0 Å². The molecule has 3 heteroatoms. The number of rotatable bonds is 3. The monoisotopic (exact) mass is 215 g/mol. The summed E-state index contributed by atoms with van der Waals surface area (Å²) in [6, 6.07) is 4.75. The Hall–Kier alpha value is -0.0500. The fraction of sp³-hybridized carbons (Fsp3) is 0.600. The van der Waals surface area contributed by atoms with Gasteiger partial charge in [-0.2, -0.15) is 0 Å². The van der Waals surface area contributed by atoms with Crippen LogP contribution >= 0.6 is 22.9 Å². The quantitative estimate of drug-likeness (QED) is 0.816. The Morgan fingerprint density at radius 2 is 2.31 bits per heavy atom. The van der Waals surface area contributed by atoms with Crippen LogP contribution in [0, 0.1) is 5.41 Å². The third-order valence-corrected chi connectivity index (χ3v) is 3.90. The molecule has 13 heavy (non-hydrogen) atoms. The molecule has 2 rings (SSSR count). The Kier molecular flexibility index (Phi) is 2.39. The highest BCUT2D eigenvalue weighted by atomic mass is 35.5. The maximum absolute atomic E-state index is 5.84. The van der Waals surface area contributed by atoms with Crippen molar-refractivity contribution in [1.29, 1.82) is 0 Å². The molecular weight excluding hydrogens is 202 g/mol. The summed E-state index contributed by atoms with van der Waals surface area (Å²) in [4.78, 5) is 1.33. The van der Waals surface area contributed by atoms with Crippen LogP contribution in [-0.2, 0) is 6.54 Å². The predicted molar refractivity (Wildman–Crippen MR) is 58.4 cm³/mol. The Morgan fingerprint density at radius 3 is 2.77 bits per heavy atom. The highest BCUT2D eigenvalue weighted by Crippen LogP contribution is 2.44. The van der Waals surface area contributed by atoms with E-state index in [1.54, 1.807) is 11.3 Å². The van der Waals surface area contributed by atoms with Crippen LogP contribution in [0.3, 0.4) is 0 Å². The Bertz CT molecular complexity index is 306. The molecule has 0 aliphatic heterocycles. The molecular formula is C10H14ClNS. The molecule has 1 aliphatic carbocycles. The van der Waals surface area contributed by atoms with Crippen LogP contribution < -0.4 is 5.32 Å². The Balaban J connectivity index is 1.81. The second kappa shape index (κ2) is 3.26. The molecule has 72 valence electrons. The molecule has 0 bridgehead atoms. The number of hydrogen-bond donors (Lipinski definition) is 1. The van der Waals surface area contributed by atoms with Crippen molar-refractivity contribution in [3.8, 4) is 0 Å². The van der Waals surface area contributed by atoms with E-state index in [-0.39, 0.29) is 0 Å². The van der Waals surface area contributed by atoms with E-state index in [0.717, 1.165) is 10.9 Å². The number of nitrogens with one attached hydrogen (secondary N) is 1. The summed E-state index contributed by atoms with van der Waals surface area (Å²) >= 11 is 7.50. The highest BCUT2D eigenvalue weighted by Gasteiger charge is 2.44. The molecule has 1 N–H and O–H groups in total. The predicted octanol–water partition coefficient (Wildman–Crippen LogP) is 3.29. The van der Waals surface area contributed by atoms with Gasteiger partial charge in [-0.15, -0.1) is 11.3 Å². The van der Waals surface area contributed by atoms with Gasteiger partial charge in [0, 0.05) is 17.5 Å². The second-order valence-electron chi connectivity index (χ2n) is 4.33. The van der Waals surface area contributed by atoms with E-state index in [0.29, 0.717) is 11.5 Å². The van der Waals surface area contributed by atoms with Gasteiger partial charge in [-0.25, -0.2) is 0 Å². The van der Waals surface area contributed by atoms with E-state index in [1.807, 2.05) is 6.07 Å². The smallest absolute Gasteiger partial charge is 0.0931 e. The summed E-state index contributed by atoms with van der Waals surface area (Å²) in [6.45, 7) is 5.56. The van der Waals surface area contributed by atoms with Gasteiger partial charge in [-0.05, 0) is 24.0 Å². The average Bonchev–Trinajstić information content (AvgIpc) is 2.45. The van der Waals surface area contributed by atoms with Crippen LogP contribution in [-0.4, -0.2) is 6.04 Å². The van der Waals surface area contributed by atoms with Gasteiger partial charge in [0.15, 0.2) is 0 Å². The van der Waals surface area contributed by atoms with Gasteiger partial charge in [-0.1, -0.05) is 25.4 Å². The minimum absolute atomic E-state index is 0.515. The van der Waals surface area contributed by atoms with E-state index in [2.05, 4.69) is 25.2 Å². The lowest BCUT2D eigenvalue weighted by atomic mass is 10.2. The summed E-state index contributed by atoms with van der Waals surface area (Å²) in [5, 5.41) is 3.53. The SMILES string of the molecule is CC1(C)CC1NCc1ccc(Cl)s1. The maximum Gasteiger partial charge on any atom is 0.0931 e. The van der Waals surface area contributed by atoms with Crippen molar-refractivity contribution in [2.45, 2.75) is 32.9 Å². The van der Waals surface area contributed by atoms with E-state index >= 15 is 0 Å². The summed E-state index contributed by atoms with van der Waals surface area (Å²) in [6.07, 6.45) is 1.30. The van der Waals surface area contributed by atoms with Crippen molar-refractivity contribution in [3.63, 3.8) is 0 Å². The van der Waals surface area contributed by atoms with Crippen LogP contribution in [0.15, 0.2) is 12.1 Å². The van der Waals surface area contributed by atoms with E-state index in [4.69, 9.17) is 11.6 Å². The van der Waals surface area contributed by atoms with Crippen LogP contribution in [0.1, 0.15) is 25.1 Å². The van der Waals surface area contributed by atoms with Crippen molar-refractivity contribution in [3.05, 3.63) is 21.3 Å². The standard InChI is InChI=1S/C10H14ClNS/c1-10(2)5-8(10)12-6-7-3-4-9(11)13-7/h3-4,8,12H,5-6H2,1-2H3. The van der Waals surface area contributed by atoms with E-state index in [1.165, 1.54) is 11.3 Å². The zero-order chi connectivity index (χ0) is 9.47. The molecule has 1 unspecified atom stereocenters. The molecule has 1 aliphatic rings. The lowest BCUT2D eigenvalue weighted by Crippen LogP contribution is -2.19. The Morgan fingerprint density at radius 1 is 1.62 bits per heavy atom. The molecule has 1 fully saturated rings. The molecule has 0 radical (unpaired) electrons. The fourth-order valence-corrected chi connectivity index (χ4v) is 2.52. The fourth-order valence-electron chi connectivity index (χ4n) is 1.49. The minimum atomic E-state index is 0.515. The summed E-state index contributed by atoms with van der Waals surface area (Å²) < 4.78 is 0.881. The zero-order valence-corrected chi connectivity index (χ0v) is 9.50. The van der Waals surface area contributed by atoms with Crippen molar-refractivity contribution >= 4 is 22.9 Å². The molecule has 0 amide bonds. The van der Waals surface area contributed by atoms with Gasteiger partial charge in [-0.3, -0.25) is 0 Å². The van der Waals surface area contributed by atoms with Gasteiger partial charge in [0.1, 0.15) is 0 Å². The first-order valence-electron chi connectivity index (χ1n) is 4.55.